The van der Waals surface area contributed by atoms with Gasteiger partial charge in [0.05, 0.1) is 6.61 Å². The summed E-state index contributed by atoms with van der Waals surface area (Å²) in [5.74, 6) is -0.685. The highest BCUT2D eigenvalue weighted by Gasteiger charge is 2.44. The smallest absolute Gasteiger partial charge is 0.469 e. The van der Waals surface area contributed by atoms with E-state index in [1.54, 1.807) is 12.1 Å². The first-order valence-corrected chi connectivity index (χ1v) is 12.3. The van der Waals surface area contributed by atoms with Gasteiger partial charge in [-0.05, 0) is 47.2 Å². The Balaban J connectivity index is 1.60. The van der Waals surface area contributed by atoms with E-state index in [0.29, 0.717) is 36.7 Å². The number of Topliss-reactive ketones (excluding diaryl/α,β-unsaturated/α-hetero) is 2. The zero-order chi connectivity index (χ0) is 24.5. The third-order valence-corrected chi connectivity index (χ3v) is 6.22. The van der Waals surface area contributed by atoms with Gasteiger partial charge < -0.3 is 29.1 Å². The number of ketones is 2. The Morgan fingerprint density at radius 3 is 2.44 bits per heavy atom. The van der Waals surface area contributed by atoms with Crippen LogP contribution in [0.3, 0.4) is 0 Å². The van der Waals surface area contributed by atoms with Crippen molar-refractivity contribution >= 4 is 19.4 Å². The van der Waals surface area contributed by atoms with Crippen LogP contribution in [0, 0.1) is 0 Å². The Morgan fingerprint density at radius 1 is 1.00 bits per heavy atom. The van der Waals surface area contributed by atoms with E-state index in [2.05, 4.69) is 4.52 Å². The van der Waals surface area contributed by atoms with E-state index in [1.165, 1.54) is 0 Å². The number of aryl methyl sites for hydroxylation is 1. The van der Waals surface area contributed by atoms with Crippen LogP contribution in [0.15, 0.2) is 36.4 Å². The molecule has 2 aliphatic rings. The zero-order valence-electron chi connectivity index (χ0n) is 18.4. The minimum Gasteiger partial charge on any atom is -0.486 e. The van der Waals surface area contributed by atoms with Crippen molar-refractivity contribution in [2.75, 3.05) is 19.8 Å². The molecule has 3 unspecified atom stereocenters. The van der Waals surface area contributed by atoms with Crippen LogP contribution in [-0.2, 0) is 36.3 Å². The number of rotatable bonds is 7. The number of phosphoric ester groups is 1. The van der Waals surface area contributed by atoms with E-state index in [4.69, 9.17) is 24.0 Å². The van der Waals surface area contributed by atoms with Gasteiger partial charge in [-0.2, -0.15) is 0 Å². The first-order valence-electron chi connectivity index (χ1n) is 10.8. The van der Waals surface area contributed by atoms with E-state index in [-0.39, 0.29) is 0 Å². The molecule has 0 radical (unpaired) electrons. The van der Waals surface area contributed by atoms with Crippen LogP contribution >= 0.6 is 7.82 Å². The maximum Gasteiger partial charge on any atom is 0.469 e. The first kappa shape index (κ1) is 24.5. The SMILES string of the molecule is CCc1ccc(C2OC(COP(=O)(O)O)C(O)C(=O)C2=O)cc1Cc1ccc2c(c1)OCCO2. The second-order valence-electron chi connectivity index (χ2n) is 8.05. The standard InChI is InChI=1S/C23H25O10P/c1-2-14-4-5-15(11-16(14)9-13-3-6-17-18(10-13)31-8-7-30-17)23-22(26)21(25)20(24)19(33-23)12-32-34(27,28)29/h3-6,10-11,19-20,23-24H,2,7-9,12H2,1H3,(H2,27,28,29). The summed E-state index contributed by atoms with van der Waals surface area (Å²) >= 11 is 0. The molecule has 4 rings (SSSR count). The summed E-state index contributed by atoms with van der Waals surface area (Å²) in [6, 6.07) is 11.0. The van der Waals surface area contributed by atoms with Crippen molar-refractivity contribution in [2.24, 2.45) is 0 Å². The van der Waals surface area contributed by atoms with Crippen LogP contribution in [0.1, 0.15) is 35.3 Å². The number of hydrogen-bond acceptors (Lipinski definition) is 8. The fraction of sp³-hybridized carbons (Fsp3) is 0.391. The van der Waals surface area contributed by atoms with Crippen LogP contribution in [0.25, 0.3) is 0 Å². The lowest BCUT2D eigenvalue weighted by Gasteiger charge is -2.32. The van der Waals surface area contributed by atoms with E-state index >= 15 is 0 Å². The van der Waals surface area contributed by atoms with Crippen molar-refractivity contribution in [1.29, 1.82) is 0 Å². The molecular formula is C23H25O10P. The van der Waals surface area contributed by atoms with E-state index in [0.717, 1.165) is 23.1 Å². The summed E-state index contributed by atoms with van der Waals surface area (Å²) in [6.07, 6.45) is -3.35. The van der Waals surface area contributed by atoms with Crippen molar-refractivity contribution in [3.05, 3.63) is 58.7 Å². The van der Waals surface area contributed by atoms with Gasteiger partial charge in [0.1, 0.15) is 31.5 Å². The minimum atomic E-state index is -4.86. The third-order valence-electron chi connectivity index (χ3n) is 5.73. The number of ether oxygens (including phenoxy) is 3. The molecular weight excluding hydrogens is 467 g/mol. The van der Waals surface area contributed by atoms with E-state index < -0.39 is 44.3 Å². The monoisotopic (exact) mass is 492 g/mol. The topological polar surface area (TPSA) is 149 Å². The van der Waals surface area contributed by atoms with Gasteiger partial charge in [-0.1, -0.05) is 31.2 Å². The van der Waals surface area contributed by atoms with Gasteiger partial charge in [0.15, 0.2) is 11.5 Å². The van der Waals surface area contributed by atoms with Gasteiger partial charge in [0.2, 0.25) is 11.6 Å². The zero-order valence-corrected chi connectivity index (χ0v) is 19.3. The molecule has 182 valence electrons. The molecule has 0 saturated carbocycles. The molecule has 34 heavy (non-hydrogen) atoms. The second kappa shape index (κ2) is 9.95. The lowest BCUT2D eigenvalue weighted by atomic mass is 9.90. The van der Waals surface area contributed by atoms with Crippen LogP contribution in [0.5, 0.6) is 11.5 Å². The quantitative estimate of drug-likeness (QED) is 0.385. The number of phosphoric acid groups is 1. The molecule has 10 nitrogen and oxygen atoms in total. The van der Waals surface area contributed by atoms with Crippen LogP contribution in [0.4, 0.5) is 0 Å². The van der Waals surface area contributed by atoms with Gasteiger partial charge in [0.25, 0.3) is 0 Å². The number of carbonyl (C=O) groups excluding carboxylic acids is 2. The number of aliphatic hydroxyl groups is 1. The van der Waals surface area contributed by atoms with Crippen LogP contribution in [0.2, 0.25) is 0 Å². The molecule has 0 bridgehead atoms. The summed E-state index contributed by atoms with van der Waals surface area (Å²) in [5.41, 5.74) is 3.31. The highest BCUT2D eigenvalue weighted by Crippen LogP contribution is 2.38. The Morgan fingerprint density at radius 2 is 1.74 bits per heavy atom. The predicted molar refractivity (Wildman–Crippen MR) is 118 cm³/mol. The Kier molecular flexibility index (Phi) is 7.18. The van der Waals surface area contributed by atoms with Crippen LogP contribution < -0.4 is 9.47 Å². The number of hydrogen-bond donors (Lipinski definition) is 3. The molecule has 2 aromatic carbocycles. The molecule has 2 aliphatic heterocycles. The lowest BCUT2D eigenvalue weighted by Crippen LogP contribution is -2.50. The molecule has 3 N–H and O–H groups in total. The molecule has 0 aromatic heterocycles. The van der Waals surface area contributed by atoms with Gasteiger partial charge >= 0.3 is 7.82 Å². The summed E-state index contributed by atoms with van der Waals surface area (Å²) < 4.78 is 32.2. The number of aliphatic hydroxyl groups excluding tert-OH is 1. The maximum atomic E-state index is 12.6. The van der Waals surface area contributed by atoms with Crippen molar-refractivity contribution in [1.82, 2.24) is 0 Å². The predicted octanol–water partition coefficient (Wildman–Crippen LogP) is 1.66. The number of fused-ring (bicyclic) bond motifs is 1. The van der Waals surface area contributed by atoms with Gasteiger partial charge in [-0.15, -0.1) is 0 Å². The fourth-order valence-electron chi connectivity index (χ4n) is 4.02. The summed E-state index contributed by atoms with van der Waals surface area (Å²) in [6.45, 7) is 2.22. The lowest BCUT2D eigenvalue weighted by molar-refractivity contribution is -0.173. The summed E-state index contributed by atoms with van der Waals surface area (Å²) in [7, 11) is -4.86. The van der Waals surface area contributed by atoms with Crippen molar-refractivity contribution in [3.8, 4) is 11.5 Å². The van der Waals surface area contributed by atoms with E-state index in [1.807, 2.05) is 31.2 Å². The van der Waals surface area contributed by atoms with Gasteiger partial charge in [-0.3, -0.25) is 14.1 Å². The Bertz CT molecular complexity index is 1140. The highest BCUT2D eigenvalue weighted by atomic mass is 31.2. The van der Waals surface area contributed by atoms with Gasteiger partial charge in [-0.25, -0.2) is 4.57 Å². The Labute approximate surface area is 195 Å². The fourth-order valence-corrected chi connectivity index (χ4v) is 4.36. The summed E-state index contributed by atoms with van der Waals surface area (Å²) in [5, 5.41) is 10.0. The molecule has 0 spiro atoms. The average molecular weight is 492 g/mol. The molecule has 0 aliphatic carbocycles. The Hall–Kier alpha value is -2.59. The first-order chi connectivity index (χ1) is 16.2. The number of carbonyl (C=O) groups is 2. The molecule has 2 heterocycles. The highest BCUT2D eigenvalue weighted by molar-refractivity contribution is 7.46. The molecule has 0 amide bonds. The third kappa shape index (κ3) is 5.38. The molecule has 2 aromatic rings. The molecule has 3 atom stereocenters. The van der Waals surface area contributed by atoms with Crippen LogP contribution in [-0.4, -0.2) is 58.5 Å². The normalized spacial score (nSPS) is 22.6. The molecule has 1 saturated heterocycles. The van der Waals surface area contributed by atoms with Gasteiger partial charge in [0, 0.05) is 0 Å². The van der Waals surface area contributed by atoms with E-state index in [9.17, 15) is 19.3 Å². The average Bonchev–Trinajstić information content (AvgIpc) is 2.81. The van der Waals surface area contributed by atoms with Crippen molar-refractivity contribution < 1.29 is 47.8 Å². The molecule has 11 heteroatoms. The van der Waals surface area contributed by atoms with Crippen molar-refractivity contribution in [2.45, 2.75) is 38.1 Å². The van der Waals surface area contributed by atoms with Crippen molar-refractivity contribution in [3.63, 3.8) is 0 Å². The molecule has 1 fully saturated rings. The summed E-state index contributed by atoms with van der Waals surface area (Å²) in [4.78, 5) is 42.8. The second-order valence-corrected chi connectivity index (χ2v) is 9.29. The maximum absolute atomic E-state index is 12.6. The number of benzene rings is 2. The minimum absolute atomic E-state index is 0.399. The largest absolute Gasteiger partial charge is 0.486 e.